The van der Waals surface area contributed by atoms with Crippen LogP contribution in [0, 0.1) is 11.8 Å². The second-order valence-corrected chi connectivity index (χ2v) is 6.64. The fraction of sp³-hybridized carbons (Fsp3) is 0.750. The molecule has 2 heterocycles. The van der Waals surface area contributed by atoms with Crippen LogP contribution < -0.4 is 5.32 Å². The second-order valence-electron chi connectivity index (χ2n) is 6.64. The maximum Gasteiger partial charge on any atom is 0.269 e. The summed E-state index contributed by atoms with van der Waals surface area (Å²) in [5.74, 6) is 0.921. The average Bonchev–Trinajstić information content (AvgIpc) is 3.06. The molecule has 1 N–H and O–H groups in total. The molecule has 1 aromatic heterocycles. The highest BCUT2D eigenvalue weighted by Gasteiger charge is 2.54. The first-order chi connectivity index (χ1) is 10.5. The Morgan fingerprint density at radius 1 is 1.59 bits per heavy atom. The summed E-state index contributed by atoms with van der Waals surface area (Å²) >= 11 is 0. The van der Waals surface area contributed by atoms with Gasteiger partial charge in [-0.25, -0.2) is 0 Å². The molecule has 1 aliphatic carbocycles. The fourth-order valence-corrected chi connectivity index (χ4v) is 3.64. The molecule has 0 spiro atoms. The van der Waals surface area contributed by atoms with Crippen molar-refractivity contribution >= 4 is 5.91 Å². The number of carbonyl (C=O) groups is 1. The monoisotopic (exact) mass is 307 g/mol. The van der Waals surface area contributed by atoms with Gasteiger partial charge in [0.1, 0.15) is 5.69 Å². The van der Waals surface area contributed by atoms with Crippen LogP contribution in [-0.2, 0) is 16.5 Å². The van der Waals surface area contributed by atoms with Crippen molar-refractivity contribution in [2.45, 2.75) is 38.3 Å². The Labute approximate surface area is 131 Å². The lowest BCUT2D eigenvalue weighted by Gasteiger charge is -2.47. The number of ether oxygens (including phenoxy) is 2. The summed E-state index contributed by atoms with van der Waals surface area (Å²) in [6, 6.07) is 2.02. The van der Waals surface area contributed by atoms with Gasteiger partial charge in [-0.3, -0.25) is 9.48 Å². The number of hydrogen-bond donors (Lipinski definition) is 1. The SMILES string of the molecule is COC[C@H]1[C@@H](NC(=O)c2cc(C(C)C)nn2C)[C@@H]2CCO[C@@H]21. The Morgan fingerprint density at radius 3 is 3.00 bits per heavy atom. The van der Waals surface area contributed by atoms with Gasteiger partial charge < -0.3 is 14.8 Å². The molecular weight excluding hydrogens is 282 g/mol. The highest BCUT2D eigenvalue weighted by Crippen LogP contribution is 2.43. The molecule has 122 valence electrons. The predicted octanol–water partition coefficient (Wildman–Crippen LogP) is 1.32. The van der Waals surface area contributed by atoms with Crippen molar-refractivity contribution in [3.8, 4) is 0 Å². The van der Waals surface area contributed by atoms with Gasteiger partial charge >= 0.3 is 0 Å². The lowest BCUT2D eigenvalue weighted by atomic mass is 9.67. The van der Waals surface area contributed by atoms with Crippen molar-refractivity contribution in [3.05, 3.63) is 17.5 Å². The molecule has 22 heavy (non-hydrogen) atoms. The van der Waals surface area contributed by atoms with Crippen molar-refractivity contribution in [2.24, 2.45) is 18.9 Å². The van der Waals surface area contributed by atoms with E-state index in [9.17, 15) is 4.79 Å². The van der Waals surface area contributed by atoms with Gasteiger partial charge in [0.25, 0.3) is 5.91 Å². The molecule has 1 saturated carbocycles. The summed E-state index contributed by atoms with van der Waals surface area (Å²) in [5, 5.41) is 7.58. The molecule has 2 aliphatic rings. The summed E-state index contributed by atoms with van der Waals surface area (Å²) in [7, 11) is 3.51. The third-order valence-electron chi connectivity index (χ3n) is 4.91. The highest BCUT2D eigenvalue weighted by molar-refractivity contribution is 5.93. The summed E-state index contributed by atoms with van der Waals surface area (Å²) < 4.78 is 12.7. The molecule has 0 radical (unpaired) electrons. The molecule has 6 nitrogen and oxygen atoms in total. The molecule has 2 fully saturated rings. The van der Waals surface area contributed by atoms with Crippen molar-refractivity contribution in [2.75, 3.05) is 20.3 Å². The number of fused-ring (bicyclic) bond motifs is 1. The molecule has 3 rings (SSSR count). The minimum absolute atomic E-state index is 0.0571. The number of amides is 1. The number of nitrogens with zero attached hydrogens (tertiary/aromatic N) is 2. The van der Waals surface area contributed by atoms with E-state index in [4.69, 9.17) is 9.47 Å². The van der Waals surface area contributed by atoms with E-state index in [1.54, 1.807) is 11.8 Å². The summed E-state index contributed by atoms with van der Waals surface area (Å²) in [5.41, 5.74) is 1.55. The molecule has 0 bridgehead atoms. The van der Waals surface area contributed by atoms with Crippen LogP contribution in [0.1, 0.15) is 42.4 Å². The topological polar surface area (TPSA) is 65.4 Å². The van der Waals surface area contributed by atoms with Crippen LogP contribution in [0.4, 0.5) is 0 Å². The van der Waals surface area contributed by atoms with Gasteiger partial charge in [-0.2, -0.15) is 5.10 Å². The molecule has 1 aliphatic heterocycles. The van der Waals surface area contributed by atoms with Crippen LogP contribution in [0.3, 0.4) is 0 Å². The lowest BCUT2D eigenvalue weighted by Crippen LogP contribution is -2.62. The number of rotatable bonds is 5. The van der Waals surface area contributed by atoms with E-state index < -0.39 is 0 Å². The number of nitrogens with one attached hydrogen (secondary N) is 1. The first-order valence-corrected chi connectivity index (χ1v) is 7.98. The Hall–Kier alpha value is -1.40. The first-order valence-electron chi connectivity index (χ1n) is 7.98. The van der Waals surface area contributed by atoms with E-state index in [0.717, 1.165) is 18.7 Å². The van der Waals surface area contributed by atoms with E-state index >= 15 is 0 Å². The van der Waals surface area contributed by atoms with Crippen LogP contribution in [0.2, 0.25) is 0 Å². The minimum atomic E-state index is -0.0571. The van der Waals surface area contributed by atoms with Crippen LogP contribution in [-0.4, -0.2) is 48.2 Å². The van der Waals surface area contributed by atoms with Gasteiger partial charge in [0.05, 0.1) is 18.4 Å². The molecule has 0 aromatic carbocycles. The van der Waals surface area contributed by atoms with Crippen molar-refractivity contribution in [3.63, 3.8) is 0 Å². The minimum Gasteiger partial charge on any atom is -0.384 e. The Balaban J connectivity index is 1.71. The number of methoxy groups -OCH3 is 1. The van der Waals surface area contributed by atoms with E-state index in [0.29, 0.717) is 24.1 Å². The second kappa shape index (κ2) is 6.01. The smallest absolute Gasteiger partial charge is 0.269 e. The zero-order valence-corrected chi connectivity index (χ0v) is 13.7. The largest absolute Gasteiger partial charge is 0.384 e. The van der Waals surface area contributed by atoms with Crippen LogP contribution in [0.5, 0.6) is 0 Å². The standard InChI is InChI=1S/C16H25N3O3/c1-9(2)12-7-13(19(3)18-12)16(20)17-14-10-5-6-22-15(10)11(14)8-21-4/h7,9-11,14-15H,5-6,8H2,1-4H3,(H,17,20)/t10-,11-,14-,15-/m0/s1. The quantitative estimate of drug-likeness (QED) is 0.891. The molecular formula is C16H25N3O3. The third kappa shape index (κ3) is 2.54. The zero-order valence-electron chi connectivity index (χ0n) is 13.7. The maximum absolute atomic E-state index is 12.6. The van der Waals surface area contributed by atoms with Gasteiger partial charge in [-0.15, -0.1) is 0 Å². The number of aromatic nitrogens is 2. The van der Waals surface area contributed by atoms with Gasteiger partial charge in [0.2, 0.25) is 0 Å². The Kier molecular flexibility index (Phi) is 4.23. The van der Waals surface area contributed by atoms with E-state index in [1.807, 2.05) is 13.1 Å². The normalized spacial score (nSPS) is 30.2. The van der Waals surface area contributed by atoms with Gasteiger partial charge in [0, 0.05) is 38.6 Å². The lowest BCUT2D eigenvalue weighted by molar-refractivity contribution is -0.0810. The zero-order chi connectivity index (χ0) is 15.9. The summed E-state index contributed by atoms with van der Waals surface area (Å²) in [6.45, 7) is 5.55. The van der Waals surface area contributed by atoms with E-state index in [-0.39, 0.29) is 24.0 Å². The van der Waals surface area contributed by atoms with Gasteiger partial charge in [0.15, 0.2) is 0 Å². The average molecular weight is 307 g/mol. The molecule has 1 amide bonds. The van der Waals surface area contributed by atoms with E-state index in [2.05, 4.69) is 24.3 Å². The number of carbonyl (C=O) groups excluding carboxylic acids is 1. The Bertz CT molecular complexity index is 555. The van der Waals surface area contributed by atoms with Crippen molar-refractivity contribution in [1.82, 2.24) is 15.1 Å². The molecule has 4 atom stereocenters. The Morgan fingerprint density at radius 2 is 2.36 bits per heavy atom. The number of hydrogen-bond acceptors (Lipinski definition) is 4. The van der Waals surface area contributed by atoms with Crippen LogP contribution >= 0.6 is 0 Å². The summed E-state index contributed by atoms with van der Waals surface area (Å²) in [6.07, 6.45) is 1.25. The maximum atomic E-state index is 12.6. The molecule has 1 saturated heterocycles. The molecule has 1 aromatic rings. The highest BCUT2D eigenvalue weighted by atomic mass is 16.5. The number of aryl methyl sites for hydroxylation is 1. The van der Waals surface area contributed by atoms with E-state index in [1.165, 1.54) is 0 Å². The first kappa shape index (κ1) is 15.5. The fourth-order valence-electron chi connectivity index (χ4n) is 3.64. The third-order valence-corrected chi connectivity index (χ3v) is 4.91. The van der Waals surface area contributed by atoms with Crippen LogP contribution in [0.15, 0.2) is 6.07 Å². The molecule has 0 unspecified atom stereocenters. The summed E-state index contributed by atoms with van der Waals surface area (Å²) in [4.78, 5) is 12.6. The van der Waals surface area contributed by atoms with Crippen molar-refractivity contribution in [1.29, 1.82) is 0 Å². The van der Waals surface area contributed by atoms with Crippen molar-refractivity contribution < 1.29 is 14.3 Å². The van der Waals surface area contributed by atoms with Gasteiger partial charge in [-0.05, 0) is 18.4 Å². The molecule has 6 heteroatoms. The predicted molar refractivity (Wildman–Crippen MR) is 81.8 cm³/mol. The van der Waals surface area contributed by atoms with Gasteiger partial charge in [-0.1, -0.05) is 13.8 Å². The van der Waals surface area contributed by atoms with Crippen LogP contribution in [0.25, 0.3) is 0 Å².